The Hall–Kier alpha value is -6.86. The lowest BCUT2D eigenvalue weighted by Gasteiger charge is -2.41. The van der Waals surface area contributed by atoms with Crippen LogP contribution in [0, 0.1) is 35.5 Å². The van der Waals surface area contributed by atoms with Crippen molar-refractivity contribution in [2.75, 3.05) is 62.0 Å². The third kappa shape index (κ3) is 23.5. The molecular formula is C66H118N14O13. The molecule has 0 radical (unpaired) electrons. The van der Waals surface area contributed by atoms with E-state index in [1.807, 2.05) is 41.5 Å². The summed E-state index contributed by atoms with van der Waals surface area (Å²) >= 11 is 0. The van der Waals surface area contributed by atoms with Crippen molar-refractivity contribution in [3.8, 4) is 0 Å². The molecule has 5 N–H and O–H groups in total. The first kappa shape index (κ1) is 84.2. The fraction of sp³-hybridized carbons (Fsp3) is 0.803. The minimum atomic E-state index is -1.67. The molecule has 530 valence electrons. The van der Waals surface area contributed by atoms with Crippen LogP contribution in [0.15, 0.2) is 17.3 Å². The van der Waals surface area contributed by atoms with Gasteiger partial charge in [0.25, 0.3) is 0 Å². The topological polar surface area (TPSA) is 337 Å². The van der Waals surface area contributed by atoms with Crippen molar-refractivity contribution in [2.24, 2.45) is 40.6 Å². The highest BCUT2D eigenvalue weighted by Crippen LogP contribution is 2.26. The Bertz CT molecular complexity index is 2590. The number of carbonyl (C=O) groups is 11. The molecule has 0 aliphatic carbocycles. The van der Waals surface area contributed by atoms with Crippen LogP contribution in [0.25, 0.3) is 10.4 Å². The van der Waals surface area contributed by atoms with E-state index in [2.05, 4.69) is 31.3 Å². The number of ether oxygens (including phenoxy) is 1. The van der Waals surface area contributed by atoms with Gasteiger partial charge in [0.2, 0.25) is 65.0 Å². The van der Waals surface area contributed by atoms with Gasteiger partial charge < -0.3 is 65.4 Å². The molecule has 0 aromatic carbocycles. The van der Waals surface area contributed by atoms with E-state index >= 15 is 33.6 Å². The zero-order valence-corrected chi connectivity index (χ0v) is 60.5. The van der Waals surface area contributed by atoms with E-state index in [1.54, 1.807) is 81.4 Å². The molecule has 0 spiro atoms. The van der Waals surface area contributed by atoms with Gasteiger partial charge in [0.1, 0.15) is 66.5 Å². The van der Waals surface area contributed by atoms with Crippen molar-refractivity contribution < 1.29 is 62.6 Å². The fourth-order valence-electron chi connectivity index (χ4n) is 11.9. The molecule has 1 unspecified atom stereocenters. The summed E-state index contributed by atoms with van der Waals surface area (Å²) in [6.45, 7) is 30.9. The predicted octanol–water partition coefficient (Wildman–Crippen LogP) is 4.50. The summed E-state index contributed by atoms with van der Waals surface area (Å²) < 4.78 is 6.21. The van der Waals surface area contributed by atoms with Gasteiger partial charge in [-0.1, -0.05) is 107 Å². The first-order valence-corrected chi connectivity index (χ1v) is 33.3. The number of likely N-dealkylation sites (N-methyl/N-ethyl adjacent to an activating group) is 7. The van der Waals surface area contributed by atoms with Gasteiger partial charge in [0.15, 0.2) is 0 Å². The second-order valence-electron chi connectivity index (χ2n) is 27.0. The molecule has 27 nitrogen and oxygen atoms in total. The molecule has 1 saturated heterocycles. The highest BCUT2D eigenvalue weighted by molar-refractivity contribution is 6.00. The number of azide groups is 1. The van der Waals surface area contributed by atoms with E-state index in [0.29, 0.717) is 12.8 Å². The van der Waals surface area contributed by atoms with E-state index in [-0.39, 0.29) is 69.6 Å². The van der Waals surface area contributed by atoms with Gasteiger partial charge in [-0.05, 0) is 115 Å². The zero-order chi connectivity index (χ0) is 71.8. The van der Waals surface area contributed by atoms with Crippen molar-refractivity contribution in [1.82, 2.24) is 55.6 Å². The van der Waals surface area contributed by atoms with Crippen LogP contribution in [-0.4, -0.2) is 245 Å². The quantitative estimate of drug-likeness (QED) is 0.0348. The molecule has 0 bridgehead atoms. The molecule has 0 aromatic heterocycles. The van der Waals surface area contributed by atoms with Crippen LogP contribution in [-0.2, 0) is 57.5 Å². The third-order valence-electron chi connectivity index (χ3n) is 17.4. The molecule has 1 rings (SSSR count). The fourth-order valence-corrected chi connectivity index (χ4v) is 11.9. The third-order valence-corrected chi connectivity index (χ3v) is 17.4. The van der Waals surface area contributed by atoms with Crippen LogP contribution >= 0.6 is 0 Å². The smallest absolute Gasteiger partial charge is 0.246 e. The molecule has 1 aliphatic rings. The lowest BCUT2D eigenvalue weighted by atomic mass is 9.93. The van der Waals surface area contributed by atoms with E-state index in [9.17, 15) is 24.3 Å². The van der Waals surface area contributed by atoms with Crippen LogP contribution in [0.2, 0.25) is 0 Å². The lowest BCUT2D eigenvalue weighted by molar-refractivity contribution is -0.157. The number of aliphatic hydroxyl groups excluding tert-OH is 1. The summed E-state index contributed by atoms with van der Waals surface area (Å²) in [5.74, 6) is -10.4. The molecule has 14 atom stereocenters. The van der Waals surface area contributed by atoms with Gasteiger partial charge in [-0.3, -0.25) is 52.7 Å². The van der Waals surface area contributed by atoms with Gasteiger partial charge in [0, 0.05) is 72.8 Å². The second kappa shape index (κ2) is 39.8. The summed E-state index contributed by atoms with van der Waals surface area (Å²) in [5, 5.41) is 26.8. The van der Waals surface area contributed by atoms with Crippen molar-refractivity contribution in [3.05, 3.63) is 22.6 Å². The second-order valence-corrected chi connectivity index (χ2v) is 27.0. The number of hydrogen-bond donors (Lipinski definition) is 5. The van der Waals surface area contributed by atoms with Crippen LogP contribution in [0.4, 0.5) is 0 Å². The van der Waals surface area contributed by atoms with Crippen molar-refractivity contribution in [1.29, 1.82) is 0 Å². The first-order valence-electron chi connectivity index (χ1n) is 33.3. The number of allylic oxidation sites excluding steroid dienone is 1. The first-order chi connectivity index (χ1) is 43.3. The van der Waals surface area contributed by atoms with Gasteiger partial charge >= 0.3 is 0 Å². The molecule has 1 heterocycles. The van der Waals surface area contributed by atoms with Gasteiger partial charge in [-0.15, -0.1) is 0 Å². The Morgan fingerprint density at radius 1 is 0.516 bits per heavy atom. The molecule has 11 amide bonds. The predicted molar refractivity (Wildman–Crippen MR) is 357 cm³/mol. The number of carbonyl (C=O) groups excluding carboxylic acids is 11. The maximum atomic E-state index is 15.3. The molecule has 0 saturated carbocycles. The van der Waals surface area contributed by atoms with Crippen molar-refractivity contribution >= 4 is 65.0 Å². The monoisotopic (exact) mass is 1310 g/mol. The molecular weight excluding hydrogens is 1200 g/mol. The summed E-state index contributed by atoms with van der Waals surface area (Å²) in [6, 6.07) is -14.4. The van der Waals surface area contributed by atoms with Gasteiger partial charge in [0.05, 0.1) is 12.2 Å². The average molecular weight is 1320 g/mol. The number of aliphatic hydroxyl groups is 1. The molecule has 0 aromatic rings. The van der Waals surface area contributed by atoms with E-state index in [4.69, 9.17) is 10.3 Å². The maximum absolute atomic E-state index is 15.3. The minimum Gasteiger partial charge on any atom is -0.390 e. The SMILES string of the molecule is C/C=C/[C@@H](C)[C@@H](O)[C@H]1C(=O)N[C@@H](CC)C(=O)N(CC)[C@H](CC)C(=O)N(C)C([C@@H](C)OCCCCN=[N+]=[N-])C(=O)N[C@@H](C(C)C)C(=O)N(C)[C@@H](CC(C)C)C(=O)N[C@@H](C)C(=O)N[C@H](C)C(=O)N(C)[C@@H](CC(C)C)C(=O)N(C)[C@@H](CC(C)C)C(=O)N(C)[C@@H](C(C)C)C(=O)N1C. The summed E-state index contributed by atoms with van der Waals surface area (Å²) in [7, 11) is 8.43. The average Bonchev–Trinajstić information content (AvgIpc) is 0.823. The van der Waals surface area contributed by atoms with Crippen LogP contribution in [0.3, 0.4) is 0 Å². The number of nitrogens with one attached hydrogen (secondary N) is 4. The molecule has 1 aliphatic heterocycles. The van der Waals surface area contributed by atoms with E-state index in [0.717, 1.165) is 9.80 Å². The Balaban J connectivity index is 4.52. The van der Waals surface area contributed by atoms with Crippen LogP contribution < -0.4 is 21.3 Å². The molecule has 1 fully saturated rings. The lowest BCUT2D eigenvalue weighted by Crippen LogP contribution is -2.64. The van der Waals surface area contributed by atoms with Gasteiger partial charge in [-0.25, -0.2) is 0 Å². The summed E-state index contributed by atoms with van der Waals surface area (Å²) in [4.78, 5) is 175. The van der Waals surface area contributed by atoms with Crippen molar-refractivity contribution in [3.63, 3.8) is 0 Å². The van der Waals surface area contributed by atoms with Gasteiger partial charge in [-0.2, -0.15) is 0 Å². The minimum absolute atomic E-state index is 0.0184. The number of hydrogen-bond acceptors (Lipinski definition) is 14. The largest absolute Gasteiger partial charge is 0.390 e. The number of nitrogens with zero attached hydrogens (tertiary/aromatic N) is 10. The number of amides is 11. The molecule has 27 heteroatoms. The molecule has 93 heavy (non-hydrogen) atoms. The standard InChI is InChI=1S/C66H118N14O13/c1-25-31-42(15)55(81)54-59(85)71-46(26-2)61(87)80(28-4)47(27-3)62(88)78(23)53(45(18)93-33-30-29-32-68-73-67)58(84)72-51(40(11)12)65(91)74(19)48(34-37(5)6)57(83)69-43(16)56(82)70-44(17)60(86)75(20)49(35-38(7)8)63(89)76(21)50(36-39(9)10)64(90)77(22)52(41(13)14)66(92)79(54)24/h25,31,37-55,81H,26-30,32-36H2,1-24H3,(H,69,83)(H,70,82)(H,71,85)(H,72,84)/b31-25+/t42-,43+,44-,45-,46+,47-,48+,49+,50+,51+,52+,53?,54+,55-/m1/s1. The van der Waals surface area contributed by atoms with E-state index in [1.165, 1.54) is 80.6 Å². The number of rotatable bonds is 21. The Morgan fingerprint density at radius 2 is 0.978 bits per heavy atom. The maximum Gasteiger partial charge on any atom is 0.246 e. The highest BCUT2D eigenvalue weighted by Gasteiger charge is 2.47. The Kier molecular flexibility index (Phi) is 36.0. The summed E-state index contributed by atoms with van der Waals surface area (Å²) in [6.07, 6.45) is 1.92. The zero-order valence-electron chi connectivity index (χ0n) is 60.5. The highest BCUT2D eigenvalue weighted by atomic mass is 16.5. The normalized spacial score (nSPS) is 26.6. The summed E-state index contributed by atoms with van der Waals surface area (Å²) in [5.41, 5.74) is 8.82. The Labute approximate surface area is 554 Å². The Morgan fingerprint density at radius 3 is 1.45 bits per heavy atom. The van der Waals surface area contributed by atoms with Crippen molar-refractivity contribution in [2.45, 2.75) is 248 Å². The van der Waals surface area contributed by atoms with Crippen LogP contribution in [0.1, 0.15) is 170 Å². The number of unbranched alkanes of at least 4 members (excludes halogenated alkanes) is 1. The van der Waals surface area contributed by atoms with Crippen LogP contribution in [0.5, 0.6) is 0 Å². The van der Waals surface area contributed by atoms with E-state index < -0.39 is 161 Å².